The first kappa shape index (κ1) is 14.8. The summed E-state index contributed by atoms with van der Waals surface area (Å²) in [5.41, 5.74) is 0.710. The lowest BCUT2D eigenvalue weighted by atomic mass is 10.2. The van der Waals surface area contributed by atoms with Gasteiger partial charge < -0.3 is 14.6 Å². The number of hydrogen-bond acceptors (Lipinski definition) is 5. The molecule has 0 bridgehead atoms. The van der Waals surface area contributed by atoms with E-state index in [1.165, 1.54) is 0 Å². The maximum atomic E-state index is 11.9. The van der Waals surface area contributed by atoms with Crippen LogP contribution in [0.25, 0.3) is 0 Å². The Morgan fingerprint density at radius 3 is 2.85 bits per heavy atom. The van der Waals surface area contributed by atoms with Crippen LogP contribution in [0.2, 0.25) is 0 Å². The van der Waals surface area contributed by atoms with Gasteiger partial charge in [-0.15, -0.1) is 0 Å². The summed E-state index contributed by atoms with van der Waals surface area (Å²) in [6.45, 7) is 2.26. The molecular formula is C15H21NO4. The number of rotatable bonds is 8. The summed E-state index contributed by atoms with van der Waals surface area (Å²) in [5, 5.41) is 12.5. The maximum absolute atomic E-state index is 11.9. The van der Waals surface area contributed by atoms with Crippen LogP contribution in [0.1, 0.15) is 25.3 Å². The van der Waals surface area contributed by atoms with Crippen molar-refractivity contribution in [2.24, 2.45) is 0 Å². The molecule has 1 atom stereocenters. The molecule has 1 fully saturated rings. The molecular weight excluding hydrogens is 258 g/mol. The van der Waals surface area contributed by atoms with Gasteiger partial charge >= 0.3 is 5.97 Å². The van der Waals surface area contributed by atoms with Crippen LogP contribution in [0, 0.1) is 0 Å². The SMILES string of the molecule is CCOC(=O)C(COc1ccccc1CO)NC1CC1. The average molecular weight is 279 g/mol. The van der Waals surface area contributed by atoms with Gasteiger partial charge in [0.05, 0.1) is 13.2 Å². The molecule has 0 aliphatic heterocycles. The predicted molar refractivity (Wildman–Crippen MR) is 74.4 cm³/mol. The second kappa shape index (κ2) is 7.26. The third-order valence-corrected chi connectivity index (χ3v) is 3.13. The van der Waals surface area contributed by atoms with E-state index in [2.05, 4.69) is 5.32 Å². The number of nitrogens with one attached hydrogen (secondary N) is 1. The zero-order valence-electron chi connectivity index (χ0n) is 11.7. The molecule has 5 nitrogen and oxygen atoms in total. The lowest BCUT2D eigenvalue weighted by Crippen LogP contribution is -2.43. The van der Waals surface area contributed by atoms with Gasteiger partial charge in [0, 0.05) is 11.6 Å². The fraction of sp³-hybridized carbons (Fsp3) is 0.533. The smallest absolute Gasteiger partial charge is 0.326 e. The molecule has 0 saturated heterocycles. The van der Waals surface area contributed by atoms with Crippen molar-refractivity contribution in [3.8, 4) is 5.75 Å². The zero-order valence-corrected chi connectivity index (χ0v) is 11.7. The lowest BCUT2D eigenvalue weighted by molar-refractivity contribution is -0.146. The number of ether oxygens (including phenoxy) is 2. The zero-order chi connectivity index (χ0) is 14.4. The van der Waals surface area contributed by atoms with Crippen LogP contribution < -0.4 is 10.1 Å². The molecule has 5 heteroatoms. The summed E-state index contributed by atoms with van der Waals surface area (Å²) >= 11 is 0. The van der Waals surface area contributed by atoms with E-state index in [0.29, 0.717) is 24.0 Å². The standard InChI is InChI=1S/C15H21NO4/c1-2-19-15(18)13(16-12-7-8-12)10-20-14-6-4-3-5-11(14)9-17/h3-6,12-13,16-17H,2,7-10H2,1H3. The second-order valence-corrected chi connectivity index (χ2v) is 4.82. The minimum absolute atomic E-state index is 0.0870. The second-order valence-electron chi connectivity index (χ2n) is 4.82. The number of esters is 1. The maximum Gasteiger partial charge on any atom is 0.326 e. The van der Waals surface area contributed by atoms with Crippen molar-refractivity contribution in [2.45, 2.75) is 38.5 Å². The number of aliphatic hydroxyl groups excluding tert-OH is 1. The number of carbonyl (C=O) groups is 1. The van der Waals surface area contributed by atoms with Crippen LogP contribution in [0.3, 0.4) is 0 Å². The largest absolute Gasteiger partial charge is 0.491 e. The normalized spacial score (nSPS) is 15.7. The average Bonchev–Trinajstić information content (AvgIpc) is 3.28. The molecule has 1 aromatic rings. The molecule has 1 aliphatic carbocycles. The van der Waals surface area contributed by atoms with E-state index in [-0.39, 0.29) is 19.2 Å². The van der Waals surface area contributed by atoms with Crippen LogP contribution in [0.15, 0.2) is 24.3 Å². The molecule has 2 rings (SSSR count). The first-order chi connectivity index (χ1) is 9.74. The molecule has 0 radical (unpaired) electrons. The highest BCUT2D eigenvalue weighted by Gasteiger charge is 2.29. The molecule has 20 heavy (non-hydrogen) atoms. The van der Waals surface area contributed by atoms with E-state index in [9.17, 15) is 9.90 Å². The van der Waals surface area contributed by atoms with Crippen molar-refractivity contribution in [2.75, 3.05) is 13.2 Å². The highest BCUT2D eigenvalue weighted by Crippen LogP contribution is 2.21. The number of benzene rings is 1. The van der Waals surface area contributed by atoms with Gasteiger partial charge in [0.1, 0.15) is 18.4 Å². The number of aliphatic hydroxyl groups is 1. The summed E-state index contributed by atoms with van der Waals surface area (Å²) in [4.78, 5) is 11.9. The lowest BCUT2D eigenvalue weighted by Gasteiger charge is -2.18. The van der Waals surface area contributed by atoms with Gasteiger partial charge in [0.15, 0.2) is 0 Å². The third-order valence-electron chi connectivity index (χ3n) is 3.13. The molecule has 1 aliphatic rings. The molecule has 1 saturated carbocycles. The van der Waals surface area contributed by atoms with Crippen molar-refractivity contribution in [1.82, 2.24) is 5.32 Å². The van der Waals surface area contributed by atoms with E-state index in [1.54, 1.807) is 19.1 Å². The number of para-hydroxylation sites is 1. The molecule has 110 valence electrons. The van der Waals surface area contributed by atoms with Crippen molar-refractivity contribution >= 4 is 5.97 Å². The van der Waals surface area contributed by atoms with E-state index in [4.69, 9.17) is 9.47 Å². The fourth-order valence-electron chi connectivity index (χ4n) is 1.91. The monoisotopic (exact) mass is 279 g/mol. The first-order valence-electron chi connectivity index (χ1n) is 6.98. The summed E-state index contributed by atoms with van der Waals surface area (Å²) in [5.74, 6) is 0.308. The van der Waals surface area contributed by atoms with E-state index >= 15 is 0 Å². The van der Waals surface area contributed by atoms with Gasteiger partial charge in [0.25, 0.3) is 0 Å². The third kappa shape index (κ3) is 4.21. The van der Waals surface area contributed by atoms with Crippen molar-refractivity contribution in [1.29, 1.82) is 0 Å². The van der Waals surface area contributed by atoms with Crippen LogP contribution in [-0.2, 0) is 16.1 Å². The highest BCUT2D eigenvalue weighted by atomic mass is 16.5. The van der Waals surface area contributed by atoms with E-state index in [1.807, 2.05) is 12.1 Å². The Kier molecular flexibility index (Phi) is 5.38. The van der Waals surface area contributed by atoms with Gasteiger partial charge in [-0.2, -0.15) is 0 Å². The van der Waals surface area contributed by atoms with Gasteiger partial charge in [0.2, 0.25) is 0 Å². The minimum atomic E-state index is -0.464. The predicted octanol–water partition coefficient (Wildman–Crippen LogP) is 1.24. The summed E-state index contributed by atoms with van der Waals surface area (Å²) in [6.07, 6.45) is 2.17. The van der Waals surface area contributed by atoms with Crippen molar-refractivity contribution in [3.05, 3.63) is 29.8 Å². The molecule has 1 unspecified atom stereocenters. The number of hydrogen-bond donors (Lipinski definition) is 2. The summed E-state index contributed by atoms with van der Waals surface area (Å²) in [7, 11) is 0. The highest BCUT2D eigenvalue weighted by molar-refractivity contribution is 5.76. The molecule has 0 spiro atoms. The topological polar surface area (TPSA) is 67.8 Å². The summed E-state index contributed by atoms with van der Waals surface area (Å²) < 4.78 is 10.7. The van der Waals surface area contributed by atoms with Gasteiger partial charge in [-0.05, 0) is 25.8 Å². The first-order valence-corrected chi connectivity index (χ1v) is 6.98. The number of carbonyl (C=O) groups excluding carboxylic acids is 1. The van der Waals surface area contributed by atoms with E-state index in [0.717, 1.165) is 12.8 Å². The van der Waals surface area contributed by atoms with Gasteiger partial charge in [-0.3, -0.25) is 10.1 Å². The molecule has 0 aromatic heterocycles. The van der Waals surface area contributed by atoms with Crippen molar-refractivity contribution in [3.63, 3.8) is 0 Å². The Balaban J connectivity index is 1.94. The van der Waals surface area contributed by atoms with E-state index < -0.39 is 6.04 Å². The molecule has 0 heterocycles. The van der Waals surface area contributed by atoms with Gasteiger partial charge in [-0.25, -0.2) is 0 Å². The Hall–Kier alpha value is -1.59. The van der Waals surface area contributed by atoms with Gasteiger partial charge in [-0.1, -0.05) is 18.2 Å². The quantitative estimate of drug-likeness (QED) is 0.701. The van der Waals surface area contributed by atoms with Crippen molar-refractivity contribution < 1.29 is 19.4 Å². The Bertz CT molecular complexity index is 445. The molecule has 0 amide bonds. The fourth-order valence-corrected chi connectivity index (χ4v) is 1.91. The Labute approximate surface area is 118 Å². The van der Waals surface area contributed by atoms with Crippen LogP contribution in [-0.4, -0.2) is 36.4 Å². The van der Waals surface area contributed by atoms with Crippen LogP contribution >= 0.6 is 0 Å². The van der Waals surface area contributed by atoms with Crippen LogP contribution in [0.5, 0.6) is 5.75 Å². The molecule has 2 N–H and O–H groups in total. The Morgan fingerprint density at radius 2 is 2.20 bits per heavy atom. The minimum Gasteiger partial charge on any atom is -0.491 e. The van der Waals surface area contributed by atoms with Crippen LogP contribution in [0.4, 0.5) is 0 Å². The molecule has 1 aromatic carbocycles. The summed E-state index contributed by atoms with van der Waals surface area (Å²) in [6, 6.07) is 7.18. The Morgan fingerprint density at radius 1 is 1.45 bits per heavy atom.